The summed E-state index contributed by atoms with van der Waals surface area (Å²) < 4.78 is 0. The monoisotopic (exact) mass is 195 g/mol. The molecule has 45 valence electrons. The van der Waals surface area contributed by atoms with Crippen LogP contribution in [0.15, 0.2) is 18.3 Å². The molecule has 1 aromatic heterocycles. The van der Waals surface area contributed by atoms with Crippen LogP contribution in [-0.4, -0.2) is 4.98 Å². The van der Waals surface area contributed by atoms with E-state index in [1.165, 1.54) is 0 Å². The molecule has 0 aliphatic rings. The van der Waals surface area contributed by atoms with E-state index in [4.69, 9.17) is 0 Å². The summed E-state index contributed by atoms with van der Waals surface area (Å²) in [6.07, 6.45) is 2.76. The molecule has 0 aromatic carbocycles. The van der Waals surface area contributed by atoms with E-state index in [1.54, 1.807) is 6.20 Å². The zero-order valence-electron chi connectivity index (χ0n) is 5.46. The van der Waals surface area contributed by atoms with Gasteiger partial charge >= 0.3 is 0 Å². The summed E-state index contributed by atoms with van der Waals surface area (Å²) in [6.45, 7) is 2.07. The molecule has 1 nitrogen and oxygen atoms in total. The topological polar surface area (TPSA) is 12.9 Å². The van der Waals surface area contributed by atoms with Crippen molar-refractivity contribution in [2.45, 2.75) is 13.3 Å². The Balaban J connectivity index is 0.000000640. The number of aryl methyl sites for hydroxylation is 1. The van der Waals surface area contributed by atoms with Gasteiger partial charge < -0.3 is 4.98 Å². The Morgan fingerprint density at radius 1 is 1.67 bits per heavy atom. The van der Waals surface area contributed by atoms with Gasteiger partial charge in [0.05, 0.1) is 0 Å². The summed E-state index contributed by atoms with van der Waals surface area (Å²) in [5.74, 6) is 0. The predicted molar refractivity (Wildman–Crippen MR) is 32.5 cm³/mol. The molecular formula is C7H8NY-. The van der Waals surface area contributed by atoms with Gasteiger partial charge in [0.25, 0.3) is 0 Å². The maximum atomic E-state index is 4.04. The predicted octanol–water partition coefficient (Wildman–Crippen LogP) is 1.44. The molecule has 0 spiro atoms. The van der Waals surface area contributed by atoms with Crippen molar-refractivity contribution in [1.29, 1.82) is 0 Å². The van der Waals surface area contributed by atoms with Gasteiger partial charge in [-0.3, -0.25) is 0 Å². The molecule has 0 bridgehead atoms. The van der Waals surface area contributed by atoms with Crippen LogP contribution in [-0.2, 0) is 39.1 Å². The minimum absolute atomic E-state index is 0. The van der Waals surface area contributed by atoms with Gasteiger partial charge in [-0.1, -0.05) is 18.8 Å². The van der Waals surface area contributed by atoms with Crippen LogP contribution in [0.1, 0.15) is 12.6 Å². The second-order valence-corrected chi connectivity index (χ2v) is 1.58. The van der Waals surface area contributed by atoms with E-state index < -0.39 is 0 Å². The molecule has 1 aromatic rings. The van der Waals surface area contributed by atoms with Crippen molar-refractivity contribution in [2.24, 2.45) is 0 Å². The first kappa shape index (κ1) is 9.25. The van der Waals surface area contributed by atoms with Gasteiger partial charge in [-0.25, -0.2) is 12.1 Å². The third-order valence-corrected chi connectivity index (χ3v) is 0.997. The maximum Gasteiger partial charge on any atom is 0 e. The molecule has 0 N–H and O–H groups in total. The molecule has 0 amide bonds. The third-order valence-electron chi connectivity index (χ3n) is 0.997. The fourth-order valence-electron chi connectivity index (χ4n) is 0.551. The van der Waals surface area contributed by atoms with E-state index in [2.05, 4.69) is 18.0 Å². The first-order valence-electron chi connectivity index (χ1n) is 2.75. The van der Waals surface area contributed by atoms with E-state index in [-0.39, 0.29) is 32.7 Å². The molecule has 9 heavy (non-hydrogen) atoms. The van der Waals surface area contributed by atoms with Crippen molar-refractivity contribution in [3.8, 4) is 0 Å². The maximum absolute atomic E-state index is 4.04. The molecule has 1 heterocycles. The van der Waals surface area contributed by atoms with Crippen LogP contribution in [0.2, 0.25) is 0 Å². The second-order valence-electron chi connectivity index (χ2n) is 1.58. The second kappa shape index (κ2) is 5.07. The number of nitrogens with zero attached hydrogens (tertiary/aromatic N) is 1. The normalized spacial score (nSPS) is 8.11. The van der Waals surface area contributed by atoms with Gasteiger partial charge in [0.2, 0.25) is 0 Å². The van der Waals surface area contributed by atoms with Gasteiger partial charge in [-0.2, -0.15) is 6.07 Å². The van der Waals surface area contributed by atoms with Crippen LogP contribution in [0, 0.1) is 6.07 Å². The Bertz CT molecular complexity index is 150. The van der Waals surface area contributed by atoms with Gasteiger partial charge in [-0.15, -0.1) is 0 Å². The van der Waals surface area contributed by atoms with Crippen LogP contribution in [0.25, 0.3) is 0 Å². The number of hydrogen-bond acceptors (Lipinski definition) is 1. The van der Waals surface area contributed by atoms with Crippen LogP contribution in [0.4, 0.5) is 0 Å². The van der Waals surface area contributed by atoms with Crippen molar-refractivity contribution < 1.29 is 32.7 Å². The quantitative estimate of drug-likeness (QED) is 0.618. The van der Waals surface area contributed by atoms with Crippen LogP contribution < -0.4 is 0 Å². The smallest absolute Gasteiger partial charge is 0 e. The summed E-state index contributed by atoms with van der Waals surface area (Å²) in [6, 6.07) is 6.76. The number of pyridine rings is 1. The van der Waals surface area contributed by atoms with Gasteiger partial charge in [0.1, 0.15) is 0 Å². The van der Waals surface area contributed by atoms with Gasteiger partial charge in [-0.05, 0) is 6.42 Å². The third kappa shape index (κ3) is 3.07. The van der Waals surface area contributed by atoms with Crippen LogP contribution >= 0.6 is 0 Å². The zero-order chi connectivity index (χ0) is 5.82. The number of rotatable bonds is 1. The van der Waals surface area contributed by atoms with Crippen molar-refractivity contribution in [3.05, 3.63) is 30.1 Å². The standard InChI is InChI=1S/C7H8N.Y/c1-2-7-5-3-4-6-8-7;/h3-4,6H,2H2,1H3;/q-1;. The molecule has 1 radical (unpaired) electrons. The molecule has 0 saturated carbocycles. The summed E-state index contributed by atoms with van der Waals surface area (Å²) in [7, 11) is 0. The molecule has 0 fully saturated rings. The summed E-state index contributed by atoms with van der Waals surface area (Å²) in [5.41, 5.74) is 1.03. The first-order valence-corrected chi connectivity index (χ1v) is 2.75. The van der Waals surface area contributed by atoms with Crippen molar-refractivity contribution >= 4 is 0 Å². The van der Waals surface area contributed by atoms with Crippen molar-refractivity contribution in [1.82, 2.24) is 4.98 Å². The van der Waals surface area contributed by atoms with Crippen molar-refractivity contribution in [2.75, 3.05) is 0 Å². The minimum Gasteiger partial charge on any atom is -0.301 e. The average molecular weight is 195 g/mol. The summed E-state index contributed by atoms with van der Waals surface area (Å²) in [5, 5.41) is 0. The van der Waals surface area contributed by atoms with E-state index >= 15 is 0 Å². The fourth-order valence-corrected chi connectivity index (χ4v) is 0.551. The Morgan fingerprint density at radius 2 is 2.44 bits per heavy atom. The molecule has 0 aliphatic carbocycles. The largest absolute Gasteiger partial charge is 0.301 e. The van der Waals surface area contributed by atoms with Crippen molar-refractivity contribution in [3.63, 3.8) is 0 Å². The fraction of sp³-hybridized carbons (Fsp3) is 0.286. The van der Waals surface area contributed by atoms with Gasteiger partial charge in [0, 0.05) is 32.7 Å². The van der Waals surface area contributed by atoms with Crippen LogP contribution in [0.5, 0.6) is 0 Å². The molecule has 0 unspecified atom stereocenters. The molecule has 0 aliphatic heterocycles. The Labute approximate surface area is 80.8 Å². The van der Waals surface area contributed by atoms with Crippen LogP contribution in [0.3, 0.4) is 0 Å². The van der Waals surface area contributed by atoms with E-state index in [0.717, 1.165) is 12.1 Å². The molecule has 0 saturated heterocycles. The molecule has 1 rings (SSSR count). The molecular weight excluding hydrogens is 187 g/mol. The summed E-state index contributed by atoms with van der Waals surface area (Å²) >= 11 is 0. The number of aromatic nitrogens is 1. The van der Waals surface area contributed by atoms with E-state index in [1.807, 2.05) is 12.1 Å². The zero-order valence-corrected chi connectivity index (χ0v) is 8.30. The molecule has 0 atom stereocenters. The van der Waals surface area contributed by atoms with E-state index in [0.29, 0.717) is 0 Å². The first-order chi connectivity index (χ1) is 3.93. The van der Waals surface area contributed by atoms with Gasteiger partial charge in [0.15, 0.2) is 0 Å². The van der Waals surface area contributed by atoms with E-state index in [9.17, 15) is 0 Å². The number of hydrogen-bond donors (Lipinski definition) is 0. The Hall–Kier alpha value is 0.254. The average Bonchev–Trinajstić information content (AvgIpc) is 1.90. The molecule has 2 heteroatoms. The minimum atomic E-state index is 0. The SMILES string of the molecule is CCc1[c-]cccn1.[Y]. The summed E-state index contributed by atoms with van der Waals surface area (Å²) in [4.78, 5) is 4.04. The Morgan fingerprint density at radius 3 is 2.78 bits per heavy atom. The Kier molecular flexibility index (Phi) is 5.21.